The molecule has 1 heterocycles. The van der Waals surface area contributed by atoms with E-state index < -0.39 is 22.5 Å². The SMILES string of the molecule is O=[N+]([O-])c1ccc(Cn2cc(-c3ccc(Cl)cc3Cl)nc2C=Cc2ccc(C(F)(F)F)cc2F)cc1. The van der Waals surface area contributed by atoms with E-state index in [2.05, 4.69) is 4.98 Å². The van der Waals surface area contributed by atoms with Crippen molar-refractivity contribution in [2.24, 2.45) is 0 Å². The molecule has 0 saturated heterocycles. The van der Waals surface area contributed by atoms with Gasteiger partial charge in [-0.05, 0) is 48.0 Å². The predicted octanol–water partition coefficient (Wildman–Crippen LogP) is 8.14. The minimum atomic E-state index is -4.66. The van der Waals surface area contributed by atoms with Gasteiger partial charge in [-0.2, -0.15) is 13.2 Å². The Hall–Kier alpha value is -3.69. The topological polar surface area (TPSA) is 61.0 Å². The van der Waals surface area contributed by atoms with Crippen molar-refractivity contribution in [2.45, 2.75) is 12.7 Å². The lowest BCUT2D eigenvalue weighted by atomic mass is 10.1. The molecule has 0 bridgehead atoms. The number of nitro benzene ring substituents is 1. The number of nitro groups is 1. The summed E-state index contributed by atoms with van der Waals surface area (Å²) in [6, 6.07) is 13.1. The van der Waals surface area contributed by atoms with E-state index in [1.807, 2.05) is 0 Å². The molecular weight excluding hydrogens is 521 g/mol. The van der Waals surface area contributed by atoms with E-state index in [9.17, 15) is 27.7 Å². The highest BCUT2D eigenvalue weighted by molar-refractivity contribution is 6.36. The zero-order valence-electron chi connectivity index (χ0n) is 18.1. The van der Waals surface area contributed by atoms with Gasteiger partial charge in [0.25, 0.3) is 5.69 Å². The molecule has 0 radical (unpaired) electrons. The molecule has 0 aliphatic heterocycles. The first-order valence-corrected chi connectivity index (χ1v) is 11.1. The number of imidazole rings is 1. The number of rotatable bonds is 6. The fourth-order valence-corrected chi connectivity index (χ4v) is 3.94. The monoisotopic (exact) mass is 535 g/mol. The molecule has 0 aliphatic carbocycles. The molecule has 0 fully saturated rings. The second kappa shape index (κ2) is 10.1. The van der Waals surface area contributed by atoms with E-state index in [0.29, 0.717) is 33.2 Å². The van der Waals surface area contributed by atoms with Crippen LogP contribution in [0.3, 0.4) is 0 Å². The Morgan fingerprint density at radius 2 is 1.72 bits per heavy atom. The van der Waals surface area contributed by atoms with Gasteiger partial charge in [0.15, 0.2) is 0 Å². The molecular formula is C25H15Cl2F4N3O2. The maximum atomic E-state index is 14.3. The molecule has 0 amide bonds. The smallest absolute Gasteiger partial charge is 0.326 e. The molecule has 0 N–H and O–H groups in total. The van der Waals surface area contributed by atoms with Crippen LogP contribution in [-0.4, -0.2) is 14.5 Å². The summed E-state index contributed by atoms with van der Waals surface area (Å²) in [5.74, 6) is -0.677. The Morgan fingerprint density at radius 3 is 2.33 bits per heavy atom. The second-order valence-electron chi connectivity index (χ2n) is 7.73. The van der Waals surface area contributed by atoms with E-state index in [-0.39, 0.29) is 17.8 Å². The molecule has 0 atom stereocenters. The normalized spacial score (nSPS) is 11.8. The van der Waals surface area contributed by atoms with Crippen molar-refractivity contribution in [3.8, 4) is 11.3 Å². The zero-order chi connectivity index (χ0) is 26.0. The summed E-state index contributed by atoms with van der Waals surface area (Å²) in [5.41, 5.74) is 0.582. The number of alkyl halides is 3. The van der Waals surface area contributed by atoms with E-state index >= 15 is 0 Å². The highest BCUT2D eigenvalue weighted by Crippen LogP contribution is 2.32. The van der Waals surface area contributed by atoms with Gasteiger partial charge in [-0.3, -0.25) is 10.1 Å². The number of benzene rings is 3. The average Bonchev–Trinajstić information content (AvgIpc) is 3.20. The molecule has 0 aliphatic rings. The van der Waals surface area contributed by atoms with Crippen molar-refractivity contribution in [3.63, 3.8) is 0 Å². The van der Waals surface area contributed by atoms with Gasteiger partial charge in [-0.15, -0.1) is 0 Å². The van der Waals surface area contributed by atoms with Crippen molar-refractivity contribution < 1.29 is 22.5 Å². The van der Waals surface area contributed by atoms with Gasteiger partial charge in [-0.25, -0.2) is 9.37 Å². The number of halogens is 6. The van der Waals surface area contributed by atoms with Crippen molar-refractivity contribution in [3.05, 3.63) is 115 Å². The van der Waals surface area contributed by atoms with E-state index in [1.54, 1.807) is 41.1 Å². The minimum Gasteiger partial charge on any atom is -0.326 e. The van der Waals surface area contributed by atoms with Crippen LogP contribution in [0.4, 0.5) is 23.2 Å². The lowest BCUT2D eigenvalue weighted by molar-refractivity contribution is -0.384. The van der Waals surface area contributed by atoms with Crippen LogP contribution in [0, 0.1) is 15.9 Å². The van der Waals surface area contributed by atoms with Crippen molar-refractivity contribution in [1.29, 1.82) is 0 Å². The summed E-state index contributed by atoms with van der Waals surface area (Å²) >= 11 is 12.3. The zero-order valence-corrected chi connectivity index (χ0v) is 19.7. The number of aromatic nitrogens is 2. The summed E-state index contributed by atoms with van der Waals surface area (Å²) in [7, 11) is 0. The van der Waals surface area contributed by atoms with Gasteiger partial charge < -0.3 is 4.57 Å². The quantitative estimate of drug-likeness (QED) is 0.142. The van der Waals surface area contributed by atoms with Crippen molar-refractivity contribution in [1.82, 2.24) is 9.55 Å². The van der Waals surface area contributed by atoms with Crippen LogP contribution in [0.1, 0.15) is 22.5 Å². The molecule has 0 saturated carbocycles. The summed E-state index contributed by atoms with van der Waals surface area (Å²) in [5, 5.41) is 11.7. The molecule has 11 heteroatoms. The van der Waals surface area contributed by atoms with Crippen molar-refractivity contribution >= 4 is 41.0 Å². The van der Waals surface area contributed by atoms with Gasteiger partial charge in [0.1, 0.15) is 11.6 Å². The molecule has 5 nitrogen and oxygen atoms in total. The molecule has 0 spiro atoms. The lowest BCUT2D eigenvalue weighted by Gasteiger charge is -2.07. The van der Waals surface area contributed by atoms with E-state index in [4.69, 9.17) is 23.2 Å². The Labute approximate surface area is 212 Å². The van der Waals surface area contributed by atoms with Gasteiger partial charge in [0, 0.05) is 41.0 Å². The Morgan fingerprint density at radius 1 is 1.00 bits per heavy atom. The largest absolute Gasteiger partial charge is 0.416 e. The molecule has 184 valence electrons. The van der Waals surface area contributed by atoms with Gasteiger partial charge in [0.2, 0.25) is 0 Å². The molecule has 36 heavy (non-hydrogen) atoms. The molecule has 0 unspecified atom stereocenters. The van der Waals surface area contributed by atoms with Gasteiger partial charge in [-0.1, -0.05) is 41.4 Å². The summed E-state index contributed by atoms with van der Waals surface area (Å²) < 4.78 is 54.6. The second-order valence-corrected chi connectivity index (χ2v) is 8.57. The fraction of sp³-hybridized carbons (Fsp3) is 0.0800. The molecule has 4 rings (SSSR count). The third-order valence-electron chi connectivity index (χ3n) is 5.25. The Bertz CT molecular complexity index is 1470. The molecule has 4 aromatic rings. The molecule has 3 aromatic carbocycles. The maximum absolute atomic E-state index is 14.3. The number of non-ortho nitro benzene ring substituents is 1. The first-order valence-electron chi connectivity index (χ1n) is 10.3. The molecule has 1 aromatic heterocycles. The summed E-state index contributed by atoms with van der Waals surface area (Å²) in [4.78, 5) is 15.0. The van der Waals surface area contributed by atoms with Crippen molar-refractivity contribution in [2.75, 3.05) is 0 Å². The van der Waals surface area contributed by atoms with Crippen LogP contribution >= 0.6 is 23.2 Å². The van der Waals surface area contributed by atoms with Gasteiger partial charge >= 0.3 is 6.18 Å². The van der Waals surface area contributed by atoms with Crippen LogP contribution < -0.4 is 0 Å². The Kier molecular flexibility index (Phi) is 7.14. The van der Waals surface area contributed by atoms with Crippen LogP contribution in [-0.2, 0) is 12.7 Å². The highest BCUT2D eigenvalue weighted by Gasteiger charge is 2.31. The minimum absolute atomic E-state index is 0.0565. The summed E-state index contributed by atoms with van der Waals surface area (Å²) in [6.07, 6.45) is -0.183. The van der Waals surface area contributed by atoms with E-state index in [1.165, 1.54) is 24.3 Å². The number of hydrogen-bond donors (Lipinski definition) is 0. The third-order valence-corrected chi connectivity index (χ3v) is 5.80. The summed E-state index contributed by atoms with van der Waals surface area (Å²) in [6.45, 7) is 0.255. The first-order chi connectivity index (χ1) is 17.0. The number of hydrogen-bond acceptors (Lipinski definition) is 3. The van der Waals surface area contributed by atoms with Gasteiger partial charge in [0.05, 0.1) is 21.2 Å². The fourth-order valence-electron chi connectivity index (χ4n) is 3.44. The number of nitrogens with zero attached hydrogens (tertiary/aromatic N) is 3. The average molecular weight is 536 g/mol. The lowest BCUT2D eigenvalue weighted by Crippen LogP contribution is -2.05. The third kappa shape index (κ3) is 5.75. The van der Waals surface area contributed by atoms with Crippen LogP contribution in [0.15, 0.2) is 66.9 Å². The van der Waals surface area contributed by atoms with E-state index in [0.717, 1.165) is 17.7 Å². The predicted molar refractivity (Wildman–Crippen MR) is 130 cm³/mol. The maximum Gasteiger partial charge on any atom is 0.416 e. The highest BCUT2D eigenvalue weighted by atomic mass is 35.5. The van der Waals surface area contributed by atoms with Crippen LogP contribution in [0.2, 0.25) is 10.0 Å². The standard InChI is InChI=1S/C25H15Cl2F4N3O2/c26-18-6-9-20(21(27)12-18)23-14-33(13-15-1-7-19(8-2-15)34(35)36)24(32-23)10-4-16-3-5-17(11-22(16)28)25(29,30)31/h1-12,14H,13H2. The van der Waals surface area contributed by atoms with Crippen LogP contribution in [0.25, 0.3) is 23.4 Å². The first kappa shape index (κ1) is 25.4. The Balaban J connectivity index is 1.72. The van der Waals surface area contributed by atoms with Crippen LogP contribution in [0.5, 0.6) is 0 Å².